The Morgan fingerprint density at radius 2 is 1.83 bits per heavy atom. The van der Waals surface area contributed by atoms with Gasteiger partial charge in [-0.2, -0.15) is 0 Å². The van der Waals surface area contributed by atoms with E-state index in [0.717, 1.165) is 24.5 Å². The Balaban J connectivity index is 2.15. The van der Waals surface area contributed by atoms with E-state index in [9.17, 15) is 13.6 Å². The predicted molar refractivity (Wildman–Crippen MR) is 86.4 cm³/mol. The van der Waals surface area contributed by atoms with Gasteiger partial charge in [-0.25, -0.2) is 8.78 Å². The van der Waals surface area contributed by atoms with Crippen molar-refractivity contribution in [3.05, 3.63) is 59.2 Å². The van der Waals surface area contributed by atoms with E-state index in [1.807, 2.05) is 6.92 Å². The molecule has 0 saturated carbocycles. The summed E-state index contributed by atoms with van der Waals surface area (Å²) >= 11 is 0. The molecule has 2 aromatic carbocycles. The van der Waals surface area contributed by atoms with Crippen molar-refractivity contribution in [2.45, 2.75) is 32.6 Å². The lowest BCUT2D eigenvalue weighted by Crippen LogP contribution is -2.02. The maximum atomic E-state index is 13.8. The molecule has 2 aromatic rings. The second-order valence-electron chi connectivity index (χ2n) is 5.61. The zero-order valence-electron chi connectivity index (χ0n) is 13.1. The van der Waals surface area contributed by atoms with Crippen LogP contribution in [0, 0.1) is 18.6 Å². The first-order valence-corrected chi connectivity index (χ1v) is 7.73. The minimum absolute atomic E-state index is 0.0477. The Hall–Kier alpha value is -2.07. The summed E-state index contributed by atoms with van der Waals surface area (Å²) in [4.78, 5) is 12.2. The highest BCUT2D eigenvalue weighted by Gasteiger charge is 2.12. The largest absolute Gasteiger partial charge is 0.396 e. The van der Waals surface area contributed by atoms with E-state index in [2.05, 4.69) is 0 Å². The third kappa shape index (κ3) is 4.45. The number of carbonyl (C=O) groups is 1. The number of ketones is 1. The third-order valence-electron chi connectivity index (χ3n) is 3.83. The molecular weight excluding hydrogens is 298 g/mol. The average molecular weight is 318 g/mol. The molecule has 0 heterocycles. The number of benzene rings is 2. The molecular formula is C19H20F2O2. The van der Waals surface area contributed by atoms with Gasteiger partial charge in [0.1, 0.15) is 11.6 Å². The highest BCUT2D eigenvalue weighted by atomic mass is 19.1. The molecule has 23 heavy (non-hydrogen) atoms. The molecule has 0 unspecified atom stereocenters. The number of aliphatic hydroxyl groups is 1. The van der Waals surface area contributed by atoms with E-state index in [1.54, 1.807) is 18.2 Å². The Morgan fingerprint density at radius 1 is 1.04 bits per heavy atom. The Labute approximate surface area is 134 Å². The molecule has 0 saturated heterocycles. The van der Waals surface area contributed by atoms with Crippen molar-refractivity contribution < 1.29 is 18.7 Å². The van der Waals surface area contributed by atoms with Gasteiger partial charge in [-0.15, -0.1) is 0 Å². The van der Waals surface area contributed by atoms with Crippen LogP contribution in [-0.4, -0.2) is 17.5 Å². The van der Waals surface area contributed by atoms with Crippen molar-refractivity contribution in [1.82, 2.24) is 0 Å². The van der Waals surface area contributed by atoms with Crippen molar-refractivity contribution in [3.8, 4) is 11.1 Å². The molecule has 2 nitrogen and oxygen atoms in total. The van der Waals surface area contributed by atoms with Crippen LogP contribution in [0.1, 0.15) is 41.6 Å². The first-order valence-electron chi connectivity index (χ1n) is 7.73. The Kier molecular flexibility index (Phi) is 5.99. The van der Waals surface area contributed by atoms with Gasteiger partial charge in [0, 0.05) is 30.2 Å². The van der Waals surface area contributed by atoms with Gasteiger partial charge in [0.05, 0.1) is 0 Å². The standard InChI is InChI=1S/C19H20F2O2/c1-13-11-14(17-9-7-15(20)12-18(17)21)6-8-16(13)19(23)5-3-2-4-10-22/h6-9,11-12,22H,2-5,10H2,1H3. The molecule has 0 radical (unpaired) electrons. The first kappa shape index (κ1) is 17.3. The van der Waals surface area contributed by atoms with Crippen LogP contribution in [-0.2, 0) is 0 Å². The first-order chi connectivity index (χ1) is 11.0. The van der Waals surface area contributed by atoms with Gasteiger partial charge in [-0.3, -0.25) is 4.79 Å². The highest BCUT2D eigenvalue weighted by molar-refractivity contribution is 5.97. The summed E-state index contributed by atoms with van der Waals surface area (Å²) in [5, 5.41) is 8.73. The average Bonchev–Trinajstić information content (AvgIpc) is 2.51. The molecule has 0 aromatic heterocycles. The number of hydrogen-bond acceptors (Lipinski definition) is 2. The molecule has 0 atom stereocenters. The van der Waals surface area contributed by atoms with Crippen molar-refractivity contribution in [2.24, 2.45) is 0 Å². The normalized spacial score (nSPS) is 10.8. The topological polar surface area (TPSA) is 37.3 Å². The molecule has 0 aliphatic rings. The van der Waals surface area contributed by atoms with Crippen LogP contribution < -0.4 is 0 Å². The van der Waals surface area contributed by atoms with E-state index in [1.165, 1.54) is 12.1 Å². The number of aryl methyl sites for hydroxylation is 1. The van der Waals surface area contributed by atoms with E-state index in [-0.39, 0.29) is 12.4 Å². The summed E-state index contributed by atoms with van der Waals surface area (Å²) in [7, 11) is 0. The lowest BCUT2D eigenvalue weighted by Gasteiger charge is -2.09. The fraction of sp³-hybridized carbons (Fsp3) is 0.316. The highest BCUT2D eigenvalue weighted by Crippen LogP contribution is 2.26. The number of aliphatic hydroxyl groups excluding tert-OH is 1. The second-order valence-corrected chi connectivity index (χ2v) is 5.61. The maximum absolute atomic E-state index is 13.8. The SMILES string of the molecule is Cc1cc(-c2ccc(F)cc2F)ccc1C(=O)CCCCCO. The lowest BCUT2D eigenvalue weighted by atomic mass is 9.95. The Morgan fingerprint density at radius 3 is 2.48 bits per heavy atom. The van der Waals surface area contributed by atoms with Crippen LogP contribution in [0.4, 0.5) is 8.78 Å². The zero-order valence-corrected chi connectivity index (χ0v) is 13.1. The number of halogens is 2. The van der Waals surface area contributed by atoms with Gasteiger partial charge in [0.15, 0.2) is 5.78 Å². The van der Waals surface area contributed by atoms with Gasteiger partial charge in [0.2, 0.25) is 0 Å². The van der Waals surface area contributed by atoms with Crippen LogP contribution in [0.3, 0.4) is 0 Å². The molecule has 0 fully saturated rings. The molecule has 2 rings (SSSR count). The summed E-state index contributed by atoms with van der Waals surface area (Å²) in [5.74, 6) is -1.18. The van der Waals surface area contributed by atoms with E-state index in [4.69, 9.17) is 5.11 Å². The molecule has 0 spiro atoms. The number of hydrogen-bond donors (Lipinski definition) is 1. The molecule has 122 valence electrons. The van der Waals surface area contributed by atoms with Gasteiger partial charge in [-0.1, -0.05) is 24.6 Å². The van der Waals surface area contributed by atoms with Crippen LogP contribution in [0.15, 0.2) is 36.4 Å². The molecule has 4 heteroatoms. The van der Waals surface area contributed by atoms with E-state index < -0.39 is 11.6 Å². The predicted octanol–water partition coefficient (Wildman–Crippen LogP) is 4.68. The summed E-state index contributed by atoms with van der Waals surface area (Å²) in [6, 6.07) is 8.60. The smallest absolute Gasteiger partial charge is 0.163 e. The van der Waals surface area contributed by atoms with Crippen LogP contribution in [0.5, 0.6) is 0 Å². The van der Waals surface area contributed by atoms with Crippen molar-refractivity contribution in [1.29, 1.82) is 0 Å². The Bertz CT molecular complexity index is 696. The van der Waals surface area contributed by atoms with Crippen LogP contribution in [0.25, 0.3) is 11.1 Å². The van der Waals surface area contributed by atoms with Gasteiger partial charge >= 0.3 is 0 Å². The van der Waals surface area contributed by atoms with Crippen LogP contribution >= 0.6 is 0 Å². The molecule has 0 bridgehead atoms. The maximum Gasteiger partial charge on any atom is 0.163 e. The monoisotopic (exact) mass is 318 g/mol. The minimum Gasteiger partial charge on any atom is -0.396 e. The van der Waals surface area contributed by atoms with Crippen molar-refractivity contribution >= 4 is 5.78 Å². The summed E-state index contributed by atoms with van der Waals surface area (Å²) < 4.78 is 26.8. The fourth-order valence-corrected chi connectivity index (χ4v) is 2.58. The number of unbranched alkanes of at least 4 members (excludes halogenated alkanes) is 2. The summed E-state index contributed by atoms with van der Waals surface area (Å²) in [5.41, 5.74) is 2.34. The third-order valence-corrected chi connectivity index (χ3v) is 3.83. The van der Waals surface area contributed by atoms with E-state index in [0.29, 0.717) is 29.5 Å². The van der Waals surface area contributed by atoms with Gasteiger partial charge in [-0.05, 0) is 43.0 Å². The molecule has 0 aliphatic carbocycles. The number of Topliss-reactive ketones (excluding diaryl/α,β-unsaturated/α-hetero) is 1. The van der Waals surface area contributed by atoms with Gasteiger partial charge < -0.3 is 5.11 Å². The molecule has 0 aliphatic heterocycles. The number of carbonyl (C=O) groups excluding carboxylic acids is 1. The zero-order chi connectivity index (χ0) is 16.8. The van der Waals surface area contributed by atoms with E-state index >= 15 is 0 Å². The van der Waals surface area contributed by atoms with Crippen molar-refractivity contribution in [3.63, 3.8) is 0 Å². The number of rotatable bonds is 7. The summed E-state index contributed by atoms with van der Waals surface area (Å²) in [6.45, 7) is 1.96. The fourth-order valence-electron chi connectivity index (χ4n) is 2.58. The lowest BCUT2D eigenvalue weighted by molar-refractivity contribution is 0.0977. The molecule has 0 amide bonds. The molecule has 1 N–H and O–H groups in total. The quantitative estimate of drug-likeness (QED) is 0.595. The minimum atomic E-state index is -0.618. The van der Waals surface area contributed by atoms with Crippen molar-refractivity contribution in [2.75, 3.05) is 6.61 Å². The van der Waals surface area contributed by atoms with Gasteiger partial charge in [0.25, 0.3) is 0 Å². The summed E-state index contributed by atoms with van der Waals surface area (Å²) in [6.07, 6.45) is 2.70. The second kappa shape index (κ2) is 7.97. The van der Waals surface area contributed by atoms with Crippen LogP contribution in [0.2, 0.25) is 0 Å².